The predicted octanol–water partition coefficient (Wildman–Crippen LogP) is 1.98. The normalized spacial score (nSPS) is 10.3. The van der Waals surface area contributed by atoms with Crippen LogP contribution in [0.25, 0.3) is 11.3 Å². The molecule has 0 aliphatic rings. The number of nitrogens with one attached hydrogen (secondary N) is 2. The van der Waals surface area contributed by atoms with Crippen molar-refractivity contribution >= 4 is 34.2 Å². The highest BCUT2D eigenvalue weighted by Crippen LogP contribution is 2.32. The molecule has 1 aromatic heterocycles. The Morgan fingerprint density at radius 3 is 2.62 bits per heavy atom. The summed E-state index contributed by atoms with van der Waals surface area (Å²) in [6.07, 6.45) is 0.642. The number of urea groups is 1. The van der Waals surface area contributed by atoms with Gasteiger partial charge in [-0.05, 0) is 30.1 Å². The van der Waals surface area contributed by atoms with Crippen LogP contribution in [0.2, 0.25) is 0 Å². The SMILES string of the molecule is COCCCNC(=O)Nc1snc(-c2ccc([N+](=O)[O-])cc2)c1C(N)=O. The molecule has 3 amide bonds. The van der Waals surface area contributed by atoms with Gasteiger partial charge in [0.05, 0.1) is 10.6 Å². The van der Waals surface area contributed by atoms with Gasteiger partial charge in [0.25, 0.3) is 11.6 Å². The van der Waals surface area contributed by atoms with Crippen LogP contribution in [0.1, 0.15) is 16.8 Å². The molecule has 0 radical (unpaired) electrons. The highest BCUT2D eigenvalue weighted by molar-refractivity contribution is 7.11. The first kappa shape index (κ1) is 19.3. The van der Waals surface area contributed by atoms with Crippen molar-refractivity contribution < 1.29 is 19.2 Å². The number of ether oxygens (including phenoxy) is 1. The van der Waals surface area contributed by atoms with Gasteiger partial charge in [-0.1, -0.05) is 0 Å². The zero-order valence-corrected chi connectivity index (χ0v) is 14.7. The van der Waals surface area contributed by atoms with Gasteiger partial charge in [0.1, 0.15) is 10.6 Å². The van der Waals surface area contributed by atoms with E-state index in [0.29, 0.717) is 25.1 Å². The van der Waals surface area contributed by atoms with Gasteiger partial charge in [0, 0.05) is 38.0 Å². The number of carbonyl (C=O) groups excluding carboxylic acids is 2. The van der Waals surface area contributed by atoms with E-state index in [1.54, 1.807) is 7.11 Å². The van der Waals surface area contributed by atoms with Gasteiger partial charge >= 0.3 is 6.03 Å². The molecular weight excluding hydrogens is 362 g/mol. The first-order chi connectivity index (χ1) is 12.4. The summed E-state index contributed by atoms with van der Waals surface area (Å²) in [6, 6.07) is 5.04. The Bertz CT molecular complexity index is 805. The first-order valence-corrected chi connectivity index (χ1v) is 8.29. The van der Waals surface area contributed by atoms with Gasteiger partial charge in [0.15, 0.2) is 0 Å². The maximum atomic E-state index is 11.9. The molecular formula is C15H17N5O5S. The van der Waals surface area contributed by atoms with Crippen molar-refractivity contribution in [1.82, 2.24) is 9.69 Å². The largest absolute Gasteiger partial charge is 0.385 e. The molecule has 0 fully saturated rings. The molecule has 26 heavy (non-hydrogen) atoms. The Kier molecular flexibility index (Phi) is 6.58. The smallest absolute Gasteiger partial charge is 0.319 e. The van der Waals surface area contributed by atoms with Gasteiger partial charge in [-0.25, -0.2) is 4.79 Å². The molecule has 0 saturated heterocycles. The van der Waals surface area contributed by atoms with Gasteiger partial charge in [-0.2, -0.15) is 4.37 Å². The van der Waals surface area contributed by atoms with Crippen LogP contribution in [0, 0.1) is 10.1 Å². The van der Waals surface area contributed by atoms with E-state index in [2.05, 4.69) is 15.0 Å². The molecule has 0 aliphatic carbocycles. The zero-order valence-electron chi connectivity index (χ0n) is 13.9. The van der Waals surface area contributed by atoms with E-state index in [1.165, 1.54) is 24.3 Å². The molecule has 0 unspecified atom stereocenters. The van der Waals surface area contributed by atoms with Gasteiger partial charge in [-0.15, -0.1) is 0 Å². The summed E-state index contributed by atoms with van der Waals surface area (Å²) in [5, 5.41) is 16.1. The van der Waals surface area contributed by atoms with Crippen LogP contribution in [-0.2, 0) is 4.74 Å². The fourth-order valence-corrected chi connectivity index (χ4v) is 2.91. The number of amides is 3. The third kappa shape index (κ3) is 4.74. The molecule has 138 valence electrons. The Hall–Kier alpha value is -3.05. The Labute approximate surface area is 152 Å². The number of nitro groups is 1. The number of rotatable bonds is 8. The molecule has 1 heterocycles. The summed E-state index contributed by atoms with van der Waals surface area (Å²) >= 11 is 0.901. The summed E-state index contributed by atoms with van der Waals surface area (Å²) in [7, 11) is 1.57. The van der Waals surface area contributed by atoms with E-state index in [4.69, 9.17) is 10.5 Å². The topological polar surface area (TPSA) is 149 Å². The van der Waals surface area contributed by atoms with Crippen molar-refractivity contribution in [3.8, 4) is 11.3 Å². The number of non-ortho nitro benzene ring substituents is 1. The summed E-state index contributed by atoms with van der Waals surface area (Å²) in [5.41, 5.74) is 6.13. The number of primary amides is 1. The van der Waals surface area contributed by atoms with Crippen molar-refractivity contribution in [3.05, 3.63) is 39.9 Å². The molecule has 10 nitrogen and oxygen atoms in total. The fourth-order valence-electron chi connectivity index (χ4n) is 2.11. The molecule has 4 N–H and O–H groups in total. The maximum absolute atomic E-state index is 11.9. The van der Waals surface area contributed by atoms with Crippen LogP contribution in [0.15, 0.2) is 24.3 Å². The van der Waals surface area contributed by atoms with Crippen LogP contribution in [0.5, 0.6) is 0 Å². The van der Waals surface area contributed by atoms with Crippen LogP contribution in [0.4, 0.5) is 15.5 Å². The number of methoxy groups -OCH3 is 1. The fraction of sp³-hybridized carbons (Fsp3) is 0.267. The number of nitrogens with zero attached hydrogens (tertiary/aromatic N) is 2. The second-order valence-electron chi connectivity index (χ2n) is 5.13. The van der Waals surface area contributed by atoms with E-state index in [1.807, 2.05) is 0 Å². The van der Waals surface area contributed by atoms with Crippen LogP contribution < -0.4 is 16.4 Å². The minimum atomic E-state index is -0.762. The Morgan fingerprint density at radius 1 is 1.35 bits per heavy atom. The number of hydrogen-bond donors (Lipinski definition) is 3. The van der Waals surface area contributed by atoms with Gasteiger partial charge in [-0.3, -0.25) is 20.2 Å². The second kappa shape index (κ2) is 8.87. The molecule has 0 aliphatic heterocycles. The number of nitro benzene ring substituents is 1. The van der Waals surface area contributed by atoms with E-state index in [9.17, 15) is 19.7 Å². The maximum Gasteiger partial charge on any atom is 0.319 e. The van der Waals surface area contributed by atoms with Crippen molar-refractivity contribution in [1.29, 1.82) is 0 Å². The van der Waals surface area contributed by atoms with Crippen molar-refractivity contribution in [2.45, 2.75) is 6.42 Å². The van der Waals surface area contributed by atoms with Crippen LogP contribution >= 0.6 is 11.5 Å². The average Bonchev–Trinajstić information content (AvgIpc) is 3.02. The number of carbonyl (C=O) groups is 2. The van der Waals surface area contributed by atoms with Crippen molar-refractivity contribution in [2.24, 2.45) is 5.73 Å². The van der Waals surface area contributed by atoms with Gasteiger partial charge in [0.2, 0.25) is 0 Å². The molecule has 1 aromatic carbocycles. The van der Waals surface area contributed by atoms with E-state index in [0.717, 1.165) is 11.5 Å². The molecule has 11 heteroatoms. The highest BCUT2D eigenvalue weighted by Gasteiger charge is 2.22. The molecule has 0 saturated carbocycles. The third-order valence-corrected chi connectivity index (χ3v) is 4.09. The highest BCUT2D eigenvalue weighted by atomic mass is 32.1. The quantitative estimate of drug-likeness (QED) is 0.362. The number of hydrogen-bond acceptors (Lipinski definition) is 7. The number of anilines is 1. The second-order valence-corrected chi connectivity index (χ2v) is 5.90. The van der Waals surface area contributed by atoms with E-state index in [-0.39, 0.29) is 21.9 Å². The standard InChI is InChI=1S/C15H17N5O5S/c1-25-8-2-7-17-15(22)18-14-11(13(16)21)12(19-26-14)9-3-5-10(6-4-9)20(23)24/h3-6H,2,7-8H2,1H3,(H2,16,21)(H2,17,18,22). The first-order valence-electron chi connectivity index (χ1n) is 7.52. The number of nitrogens with two attached hydrogens (primary N) is 1. The van der Waals surface area contributed by atoms with Crippen molar-refractivity contribution in [3.63, 3.8) is 0 Å². The Morgan fingerprint density at radius 2 is 2.04 bits per heavy atom. The summed E-state index contributed by atoms with van der Waals surface area (Å²) < 4.78 is 9.04. The molecule has 2 aromatic rings. The van der Waals surface area contributed by atoms with E-state index < -0.39 is 16.9 Å². The summed E-state index contributed by atoms with van der Waals surface area (Å²) in [6.45, 7) is 0.914. The summed E-state index contributed by atoms with van der Waals surface area (Å²) in [5.74, 6) is -0.762. The monoisotopic (exact) mass is 379 g/mol. The minimum absolute atomic E-state index is 0.0518. The molecule has 0 spiro atoms. The number of benzene rings is 1. The lowest BCUT2D eigenvalue weighted by Crippen LogP contribution is -2.30. The minimum Gasteiger partial charge on any atom is -0.385 e. The van der Waals surface area contributed by atoms with Crippen molar-refractivity contribution in [2.75, 3.05) is 25.6 Å². The number of aromatic nitrogens is 1. The predicted molar refractivity (Wildman–Crippen MR) is 96.2 cm³/mol. The van der Waals surface area contributed by atoms with Crippen LogP contribution in [-0.4, -0.2) is 41.5 Å². The third-order valence-electron chi connectivity index (χ3n) is 3.33. The average molecular weight is 379 g/mol. The lowest BCUT2D eigenvalue weighted by atomic mass is 10.1. The molecule has 0 bridgehead atoms. The zero-order chi connectivity index (χ0) is 19.1. The molecule has 0 atom stereocenters. The van der Waals surface area contributed by atoms with Gasteiger partial charge < -0.3 is 15.8 Å². The van der Waals surface area contributed by atoms with E-state index >= 15 is 0 Å². The molecule has 2 rings (SSSR count). The van der Waals surface area contributed by atoms with Crippen LogP contribution in [0.3, 0.4) is 0 Å². The lowest BCUT2D eigenvalue weighted by Gasteiger charge is -2.07. The summed E-state index contributed by atoms with van der Waals surface area (Å²) in [4.78, 5) is 33.9. The Balaban J connectivity index is 2.18. The lowest BCUT2D eigenvalue weighted by molar-refractivity contribution is -0.384.